The van der Waals surface area contributed by atoms with E-state index >= 15 is 0 Å². The van der Waals surface area contributed by atoms with Crippen LogP contribution >= 0.6 is 22.7 Å². The molecule has 14 heavy (non-hydrogen) atoms. The van der Waals surface area contributed by atoms with Crippen LogP contribution in [0.25, 0.3) is 0 Å². The van der Waals surface area contributed by atoms with Crippen LogP contribution in [0.15, 0.2) is 22.9 Å². The highest BCUT2D eigenvalue weighted by atomic mass is 32.1. The number of hydrogen-bond donors (Lipinski definition) is 1. The van der Waals surface area contributed by atoms with Crippen LogP contribution in [0.3, 0.4) is 0 Å². The quantitative estimate of drug-likeness (QED) is 0.871. The van der Waals surface area contributed by atoms with Gasteiger partial charge in [-0.3, -0.25) is 0 Å². The van der Waals surface area contributed by atoms with Crippen LogP contribution in [0, 0.1) is 0 Å². The van der Waals surface area contributed by atoms with E-state index in [1.807, 2.05) is 22.9 Å². The zero-order chi connectivity index (χ0) is 9.97. The lowest BCUT2D eigenvalue weighted by Crippen LogP contribution is -1.97. The molecule has 2 rings (SSSR count). The molecule has 1 N–H and O–H groups in total. The first-order valence-corrected chi connectivity index (χ1v) is 6.23. The average molecular weight is 225 g/mol. The summed E-state index contributed by atoms with van der Waals surface area (Å²) >= 11 is 3.17. The fourth-order valence-corrected chi connectivity index (χ4v) is 2.69. The Bertz CT molecular complexity index is 394. The Morgan fingerprint density at radius 3 is 2.93 bits per heavy atom. The number of aliphatic hydroxyl groups is 1. The van der Waals surface area contributed by atoms with E-state index in [9.17, 15) is 5.11 Å². The molecular weight excluding hydrogens is 214 g/mol. The van der Waals surface area contributed by atoms with Gasteiger partial charge in [-0.2, -0.15) is 0 Å². The standard InChI is InChI=1S/C10H11NOS2/c1-2-9-11-7(6-14-9)10(12)8-4-3-5-13-8/h3-6,10,12H,2H2,1H3. The molecule has 4 heteroatoms. The lowest BCUT2D eigenvalue weighted by Gasteiger charge is -2.03. The maximum atomic E-state index is 9.94. The molecule has 2 aromatic rings. The Morgan fingerprint density at radius 1 is 1.50 bits per heavy atom. The van der Waals surface area contributed by atoms with Crippen LogP contribution in [-0.4, -0.2) is 10.1 Å². The largest absolute Gasteiger partial charge is 0.381 e. The van der Waals surface area contributed by atoms with Crippen molar-refractivity contribution in [2.24, 2.45) is 0 Å². The van der Waals surface area contributed by atoms with Gasteiger partial charge in [0.1, 0.15) is 6.10 Å². The number of aromatic nitrogens is 1. The summed E-state index contributed by atoms with van der Waals surface area (Å²) in [5.41, 5.74) is 0.773. The van der Waals surface area contributed by atoms with E-state index in [0.717, 1.165) is 22.0 Å². The van der Waals surface area contributed by atoms with E-state index in [4.69, 9.17) is 0 Å². The third kappa shape index (κ3) is 1.87. The normalized spacial score (nSPS) is 13.0. The van der Waals surface area contributed by atoms with Crippen molar-refractivity contribution in [3.8, 4) is 0 Å². The fourth-order valence-electron chi connectivity index (χ4n) is 1.21. The second kappa shape index (κ2) is 4.21. The molecule has 0 spiro atoms. The molecule has 2 heterocycles. The van der Waals surface area contributed by atoms with Crippen LogP contribution in [-0.2, 0) is 6.42 Å². The van der Waals surface area contributed by atoms with Crippen molar-refractivity contribution >= 4 is 22.7 Å². The maximum absolute atomic E-state index is 9.94. The van der Waals surface area contributed by atoms with E-state index in [1.54, 1.807) is 22.7 Å². The first-order valence-electron chi connectivity index (χ1n) is 4.47. The van der Waals surface area contributed by atoms with Gasteiger partial charge in [0.05, 0.1) is 10.7 Å². The smallest absolute Gasteiger partial charge is 0.131 e. The summed E-state index contributed by atoms with van der Waals surface area (Å²) in [6, 6.07) is 3.87. The summed E-state index contributed by atoms with van der Waals surface area (Å²) in [6.45, 7) is 2.07. The van der Waals surface area contributed by atoms with E-state index in [1.165, 1.54) is 0 Å². The maximum Gasteiger partial charge on any atom is 0.131 e. The molecule has 0 aliphatic heterocycles. The van der Waals surface area contributed by atoms with Crippen molar-refractivity contribution in [1.29, 1.82) is 0 Å². The van der Waals surface area contributed by atoms with Gasteiger partial charge in [-0.25, -0.2) is 4.98 Å². The van der Waals surface area contributed by atoms with Gasteiger partial charge in [-0.05, 0) is 17.9 Å². The molecule has 74 valence electrons. The summed E-state index contributed by atoms with van der Waals surface area (Å²) in [6.07, 6.45) is 0.383. The molecule has 0 aliphatic rings. The highest BCUT2D eigenvalue weighted by Crippen LogP contribution is 2.26. The first-order chi connectivity index (χ1) is 6.81. The molecular formula is C10H11NOS2. The van der Waals surface area contributed by atoms with E-state index < -0.39 is 6.10 Å². The second-order valence-corrected chi connectivity index (χ2v) is 4.86. The van der Waals surface area contributed by atoms with Crippen molar-refractivity contribution in [1.82, 2.24) is 4.98 Å². The van der Waals surface area contributed by atoms with Crippen molar-refractivity contribution in [2.45, 2.75) is 19.4 Å². The molecule has 0 aliphatic carbocycles. The summed E-state index contributed by atoms with van der Waals surface area (Å²) in [4.78, 5) is 5.32. The van der Waals surface area contributed by atoms with Crippen molar-refractivity contribution in [3.63, 3.8) is 0 Å². The highest BCUT2D eigenvalue weighted by Gasteiger charge is 2.14. The minimum absolute atomic E-state index is 0.549. The molecule has 0 radical (unpaired) electrons. The van der Waals surface area contributed by atoms with Gasteiger partial charge in [-0.15, -0.1) is 22.7 Å². The topological polar surface area (TPSA) is 33.1 Å². The number of thiazole rings is 1. The molecule has 0 bridgehead atoms. The minimum Gasteiger partial charge on any atom is -0.381 e. The molecule has 0 amide bonds. The Labute approximate surface area is 90.9 Å². The number of aryl methyl sites for hydroxylation is 1. The first kappa shape index (κ1) is 9.83. The van der Waals surface area contributed by atoms with Gasteiger partial charge in [0.2, 0.25) is 0 Å². The van der Waals surface area contributed by atoms with Gasteiger partial charge in [0, 0.05) is 10.3 Å². The molecule has 1 unspecified atom stereocenters. The van der Waals surface area contributed by atoms with Gasteiger partial charge < -0.3 is 5.11 Å². The van der Waals surface area contributed by atoms with Gasteiger partial charge in [0.15, 0.2) is 0 Å². The van der Waals surface area contributed by atoms with Crippen molar-refractivity contribution in [3.05, 3.63) is 38.5 Å². The fraction of sp³-hybridized carbons (Fsp3) is 0.300. The Morgan fingerprint density at radius 2 is 2.36 bits per heavy atom. The summed E-state index contributed by atoms with van der Waals surface area (Å²) in [7, 11) is 0. The van der Waals surface area contributed by atoms with Crippen LogP contribution in [0.5, 0.6) is 0 Å². The van der Waals surface area contributed by atoms with Crippen LogP contribution in [0.4, 0.5) is 0 Å². The molecule has 2 aromatic heterocycles. The predicted octanol–water partition coefficient (Wildman–Crippen LogP) is 2.85. The predicted molar refractivity (Wildman–Crippen MR) is 59.9 cm³/mol. The summed E-state index contributed by atoms with van der Waals surface area (Å²) < 4.78 is 0. The zero-order valence-corrected chi connectivity index (χ0v) is 9.44. The summed E-state index contributed by atoms with van der Waals surface area (Å²) in [5, 5.41) is 14.9. The Balaban J connectivity index is 2.23. The van der Waals surface area contributed by atoms with Crippen molar-refractivity contribution in [2.75, 3.05) is 0 Å². The number of aliphatic hydroxyl groups excluding tert-OH is 1. The van der Waals surface area contributed by atoms with Crippen molar-refractivity contribution < 1.29 is 5.11 Å². The number of rotatable bonds is 3. The molecule has 0 saturated heterocycles. The zero-order valence-electron chi connectivity index (χ0n) is 7.80. The third-order valence-corrected chi connectivity index (χ3v) is 3.90. The van der Waals surface area contributed by atoms with Crippen LogP contribution in [0.1, 0.15) is 28.6 Å². The second-order valence-electron chi connectivity index (χ2n) is 2.94. The number of nitrogens with zero attached hydrogens (tertiary/aromatic N) is 1. The lowest BCUT2D eigenvalue weighted by molar-refractivity contribution is 0.220. The van der Waals surface area contributed by atoms with Gasteiger partial charge in [-0.1, -0.05) is 13.0 Å². The lowest BCUT2D eigenvalue weighted by atomic mass is 10.2. The number of hydrogen-bond acceptors (Lipinski definition) is 4. The molecule has 0 fully saturated rings. The van der Waals surface area contributed by atoms with E-state index in [-0.39, 0.29) is 0 Å². The van der Waals surface area contributed by atoms with E-state index in [0.29, 0.717) is 0 Å². The monoisotopic (exact) mass is 225 g/mol. The van der Waals surface area contributed by atoms with Crippen LogP contribution in [0.2, 0.25) is 0 Å². The molecule has 1 atom stereocenters. The van der Waals surface area contributed by atoms with E-state index in [2.05, 4.69) is 11.9 Å². The Hall–Kier alpha value is -0.710. The van der Waals surface area contributed by atoms with Gasteiger partial charge >= 0.3 is 0 Å². The number of thiophene rings is 1. The molecule has 0 saturated carbocycles. The summed E-state index contributed by atoms with van der Waals surface area (Å²) in [5.74, 6) is 0. The SMILES string of the molecule is CCc1nc(C(O)c2cccs2)cs1. The third-order valence-electron chi connectivity index (χ3n) is 1.96. The van der Waals surface area contributed by atoms with Crippen LogP contribution < -0.4 is 0 Å². The minimum atomic E-state index is -0.549. The molecule has 0 aromatic carbocycles. The molecule has 2 nitrogen and oxygen atoms in total. The average Bonchev–Trinajstić information content (AvgIpc) is 2.88. The highest BCUT2D eigenvalue weighted by molar-refractivity contribution is 7.10. The Kier molecular flexibility index (Phi) is 2.96. The van der Waals surface area contributed by atoms with Gasteiger partial charge in [0.25, 0.3) is 0 Å².